The van der Waals surface area contributed by atoms with E-state index < -0.39 is 6.04 Å². The van der Waals surface area contributed by atoms with E-state index in [2.05, 4.69) is 46.6 Å². The van der Waals surface area contributed by atoms with Crippen molar-refractivity contribution in [3.8, 4) is 0 Å². The molecule has 2 aromatic carbocycles. The summed E-state index contributed by atoms with van der Waals surface area (Å²) in [7, 11) is 2.04. The molecular formula is C32H35N5O2. The first-order valence-corrected chi connectivity index (χ1v) is 13.9. The number of fused-ring (bicyclic) bond motifs is 2. The van der Waals surface area contributed by atoms with Crippen LogP contribution in [0.4, 0.5) is 5.82 Å². The van der Waals surface area contributed by atoms with Gasteiger partial charge < -0.3 is 19.3 Å². The zero-order valence-corrected chi connectivity index (χ0v) is 22.8. The molecule has 0 N–H and O–H groups in total. The van der Waals surface area contributed by atoms with Gasteiger partial charge in [-0.3, -0.25) is 9.59 Å². The van der Waals surface area contributed by atoms with Crippen LogP contribution in [-0.2, 0) is 11.8 Å². The second kappa shape index (κ2) is 10.2. The number of benzene rings is 2. The van der Waals surface area contributed by atoms with Crippen LogP contribution in [0.3, 0.4) is 0 Å². The van der Waals surface area contributed by atoms with Gasteiger partial charge in [0.05, 0.1) is 6.04 Å². The number of anilines is 1. The number of carbonyl (C=O) groups is 2. The van der Waals surface area contributed by atoms with Gasteiger partial charge in [-0.2, -0.15) is 0 Å². The number of amides is 2. The fourth-order valence-corrected chi connectivity index (χ4v) is 6.28. The molecule has 0 saturated carbocycles. The van der Waals surface area contributed by atoms with Crippen LogP contribution in [0, 0.1) is 5.92 Å². The highest BCUT2D eigenvalue weighted by Crippen LogP contribution is 2.44. The summed E-state index contributed by atoms with van der Waals surface area (Å²) < 4.78 is 2.12. The molecule has 2 aliphatic rings. The summed E-state index contributed by atoms with van der Waals surface area (Å²) in [5, 5.41) is 1.11. The van der Waals surface area contributed by atoms with Crippen LogP contribution >= 0.6 is 0 Å². The molecule has 7 nitrogen and oxygen atoms in total. The number of carbonyl (C=O) groups excluding carboxylic acids is 2. The highest BCUT2D eigenvalue weighted by atomic mass is 16.2. The van der Waals surface area contributed by atoms with Crippen LogP contribution in [0.15, 0.2) is 79.1 Å². The zero-order chi connectivity index (χ0) is 27.1. The first-order chi connectivity index (χ1) is 19.0. The molecule has 7 heteroatoms. The number of nitrogens with zero attached hydrogens (tertiary/aromatic N) is 5. The number of piperazine rings is 1. The largest absolute Gasteiger partial charge is 0.353 e. The van der Waals surface area contributed by atoms with E-state index in [0.717, 1.165) is 47.4 Å². The summed E-state index contributed by atoms with van der Waals surface area (Å²) in [5.41, 5.74) is 3.84. The predicted octanol–water partition coefficient (Wildman–Crippen LogP) is 4.88. The van der Waals surface area contributed by atoms with E-state index in [1.807, 2.05) is 71.4 Å². The number of para-hydroxylation sites is 1. The fourth-order valence-electron chi connectivity index (χ4n) is 6.28. The Kier molecular flexibility index (Phi) is 6.59. The Bertz CT molecular complexity index is 1510. The average molecular weight is 522 g/mol. The summed E-state index contributed by atoms with van der Waals surface area (Å²) in [6.07, 6.45) is 4.73. The lowest BCUT2D eigenvalue weighted by Crippen LogP contribution is -2.57. The summed E-state index contributed by atoms with van der Waals surface area (Å²) in [4.78, 5) is 39.1. The molecule has 200 valence electrons. The third-order valence-electron chi connectivity index (χ3n) is 8.52. The first-order valence-electron chi connectivity index (χ1n) is 13.9. The maximum absolute atomic E-state index is 14.4. The van der Waals surface area contributed by atoms with Crippen molar-refractivity contribution < 1.29 is 9.59 Å². The average Bonchev–Trinajstić information content (AvgIpc) is 3.47. The van der Waals surface area contributed by atoms with E-state index in [0.29, 0.717) is 18.7 Å². The Morgan fingerprint density at radius 1 is 0.949 bits per heavy atom. The number of hydrogen-bond donors (Lipinski definition) is 0. The van der Waals surface area contributed by atoms with Crippen LogP contribution in [0.25, 0.3) is 10.9 Å². The zero-order valence-electron chi connectivity index (χ0n) is 22.8. The van der Waals surface area contributed by atoms with Gasteiger partial charge in [-0.05, 0) is 35.7 Å². The molecule has 3 atom stereocenters. The molecule has 4 aromatic rings. The SMILES string of the molecule is CCC(C)C(C(=O)N1CCN(c2ccccn2)CC1)N1C(=O)c2ccccc2C1c1cn(C)c2ccccc12. The van der Waals surface area contributed by atoms with Crippen molar-refractivity contribution in [2.24, 2.45) is 13.0 Å². The lowest BCUT2D eigenvalue weighted by molar-refractivity contribution is -0.138. The minimum atomic E-state index is -0.555. The molecule has 39 heavy (non-hydrogen) atoms. The number of pyridine rings is 1. The smallest absolute Gasteiger partial charge is 0.255 e. The molecule has 3 unspecified atom stereocenters. The van der Waals surface area contributed by atoms with Gasteiger partial charge in [-0.15, -0.1) is 0 Å². The van der Waals surface area contributed by atoms with Crippen molar-refractivity contribution in [2.75, 3.05) is 31.1 Å². The van der Waals surface area contributed by atoms with E-state index in [1.165, 1.54) is 0 Å². The minimum Gasteiger partial charge on any atom is -0.353 e. The number of aromatic nitrogens is 2. The lowest BCUT2D eigenvalue weighted by Gasteiger charge is -2.42. The fraction of sp³-hybridized carbons (Fsp3) is 0.344. The highest BCUT2D eigenvalue weighted by molar-refractivity contribution is 6.03. The quantitative estimate of drug-likeness (QED) is 0.363. The molecule has 6 rings (SSSR count). The van der Waals surface area contributed by atoms with Crippen molar-refractivity contribution in [1.82, 2.24) is 19.4 Å². The Morgan fingerprint density at radius 3 is 2.41 bits per heavy atom. The molecule has 0 radical (unpaired) electrons. The van der Waals surface area contributed by atoms with E-state index in [9.17, 15) is 9.59 Å². The Labute approximate surface area is 229 Å². The maximum Gasteiger partial charge on any atom is 0.255 e. The Hall–Kier alpha value is -4.13. The van der Waals surface area contributed by atoms with Crippen molar-refractivity contribution in [3.05, 3.63) is 95.8 Å². The normalized spacial score (nSPS) is 18.9. The molecule has 1 fully saturated rings. The van der Waals surface area contributed by atoms with Crippen molar-refractivity contribution in [2.45, 2.75) is 32.4 Å². The monoisotopic (exact) mass is 521 g/mol. The second-order valence-electron chi connectivity index (χ2n) is 10.7. The number of rotatable bonds is 6. The third kappa shape index (κ3) is 4.26. The van der Waals surface area contributed by atoms with E-state index in [4.69, 9.17) is 0 Å². The van der Waals surface area contributed by atoms with Crippen molar-refractivity contribution >= 4 is 28.5 Å². The molecule has 0 aliphatic carbocycles. The van der Waals surface area contributed by atoms with E-state index >= 15 is 0 Å². The van der Waals surface area contributed by atoms with Gasteiger partial charge in [-0.25, -0.2) is 4.98 Å². The molecule has 0 spiro atoms. The van der Waals surface area contributed by atoms with Crippen LogP contribution in [0.5, 0.6) is 0 Å². The lowest BCUT2D eigenvalue weighted by atomic mass is 9.92. The van der Waals surface area contributed by atoms with Crippen LogP contribution in [0.1, 0.15) is 47.8 Å². The van der Waals surface area contributed by atoms with Crippen molar-refractivity contribution in [3.63, 3.8) is 0 Å². The van der Waals surface area contributed by atoms with Gasteiger partial charge in [0.1, 0.15) is 11.9 Å². The van der Waals surface area contributed by atoms with Crippen LogP contribution in [0.2, 0.25) is 0 Å². The van der Waals surface area contributed by atoms with Gasteiger partial charge in [0.15, 0.2) is 0 Å². The summed E-state index contributed by atoms with van der Waals surface area (Å²) in [6, 6.07) is 21.2. The Morgan fingerprint density at radius 2 is 1.67 bits per heavy atom. The molecular weight excluding hydrogens is 486 g/mol. The number of aryl methyl sites for hydroxylation is 1. The Balaban J connectivity index is 1.38. The number of hydrogen-bond acceptors (Lipinski definition) is 4. The minimum absolute atomic E-state index is 0.00191. The summed E-state index contributed by atoms with van der Waals surface area (Å²) >= 11 is 0. The molecule has 2 aliphatic heterocycles. The predicted molar refractivity (Wildman–Crippen MR) is 154 cm³/mol. The first kappa shape index (κ1) is 25.2. The van der Waals surface area contributed by atoms with Crippen LogP contribution in [-0.4, -0.2) is 63.4 Å². The molecule has 0 bridgehead atoms. The molecule has 1 saturated heterocycles. The van der Waals surface area contributed by atoms with Crippen LogP contribution < -0.4 is 4.90 Å². The van der Waals surface area contributed by atoms with E-state index in [1.54, 1.807) is 6.20 Å². The third-order valence-corrected chi connectivity index (χ3v) is 8.52. The van der Waals surface area contributed by atoms with E-state index in [-0.39, 0.29) is 23.8 Å². The van der Waals surface area contributed by atoms with Gasteiger partial charge in [-0.1, -0.05) is 62.7 Å². The van der Waals surface area contributed by atoms with Crippen molar-refractivity contribution in [1.29, 1.82) is 0 Å². The molecule has 2 amide bonds. The standard InChI is InChI=1S/C32H35N5O2/c1-4-22(2)29(32(39)36-19-17-35(18-20-36)28-15-9-10-16-33-28)37-30(24-12-5-6-13-25(24)31(37)38)26-21-34(3)27-14-8-7-11-23(26)27/h5-16,21-22,29-30H,4,17-20H2,1-3H3. The van der Waals surface area contributed by atoms with Gasteiger partial charge >= 0.3 is 0 Å². The van der Waals surface area contributed by atoms with Gasteiger partial charge in [0.2, 0.25) is 5.91 Å². The van der Waals surface area contributed by atoms with Gasteiger partial charge in [0, 0.05) is 67.7 Å². The summed E-state index contributed by atoms with van der Waals surface area (Å²) in [6.45, 7) is 6.86. The highest BCUT2D eigenvalue weighted by Gasteiger charge is 2.47. The topological polar surface area (TPSA) is 61.7 Å². The second-order valence-corrected chi connectivity index (χ2v) is 10.7. The molecule has 2 aromatic heterocycles. The molecule has 4 heterocycles. The van der Waals surface area contributed by atoms with Gasteiger partial charge in [0.25, 0.3) is 5.91 Å². The maximum atomic E-state index is 14.4. The summed E-state index contributed by atoms with van der Waals surface area (Å²) in [5.74, 6) is 0.914.